The van der Waals surface area contributed by atoms with Crippen molar-refractivity contribution >= 4 is 27.3 Å². The average Bonchev–Trinajstić information content (AvgIpc) is 2.80. The van der Waals surface area contributed by atoms with Crippen LogP contribution in [0, 0.1) is 6.92 Å². The van der Waals surface area contributed by atoms with Crippen LogP contribution in [0.4, 0.5) is 11.4 Å². The van der Waals surface area contributed by atoms with Crippen LogP contribution in [0.2, 0.25) is 0 Å². The Kier molecular flexibility index (Phi) is 2.78. The van der Waals surface area contributed by atoms with E-state index in [9.17, 15) is 0 Å². The SMILES string of the molecule is Cc1cc(N2CCn3ccnc3C2)c(Br)cc1N. The van der Waals surface area contributed by atoms with Gasteiger partial charge in [0.05, 0.1) is 12.2 Å². The van der Waals surface area contributed by atoms with Crippen LogP contribution in [-0.4, -0.2) is 16.1 Å². The highest BCUT2D eigenvalue weighted by Crippen LogP contribution is 2.32. The predicted molar refractivity (Wildman–Crippen MR) is 76.6 cm³/mol. The standard InChI is InChI=1S/C13H15BrN4/c1-9-6-12(10(14)7-11(9)15)18-5-4-17-3-2-16-13(17)8-18/h2-3,6-7H,4-5,8,15H2,1H3. The Morgan fingerprint density at radius 1 is 1.33 bits per heavy atom. The minimum atomic E-state index is 0.823. The van der Waals surface area contributed by atoms with Gasteiger partial charge in [0.1, 0.15) is 5.82 Å². The van der Waals surface area contributed by atoms with Crippen LogP contribution < -0.4 is 10.6 Å². The fraction of sp³-hybridized carbons (Fsp3) is 0.308. The Morgan fingerprint density at radius 3 is 3.00 bits per heavy atom. The summed E-state index contributed by atoms with van der Waals surface area (Å²) in [5, 5.41) is 0. The molecule has 2 aromatic rings. The van der Waals surface area contributed by atoms with Gasteiger partial charge in [-0.25, -0.2) is 4.98 Å². The number of nitrogens with two attached hydrogens (primary N) is 1. The number of hydrogen-bond acceptors (Lipinski definition) is 3. The summed E-state index contributed by atoms with van der Waals surface area (Å²) in [5.74, 6) is 1.11. The number of aryl methyl sites for hydroxylation is 1. The maximum Gasteiger partial charge on any atom is 0.128 e. The van der Waals surface area contributed by atoms with Crippen molar-refractivity contribution in [1.29, 1.82) is 0 Å². The Bertz CT molecular complexity index is 591. The van der Waals surface area contributed by atoms with E-state index < -0.39 is 0 Å². The summed E-state index contributed by atoms with van der Waals surface area (Å²) in [6.45, 7) is 4.85. The third-order valence-electron chi connectivity index (χ3n) is 3.42. The second-order valence-electron chi connectivity index (χ2n) is 4.62. The Hall–Kier alpha value is -1.49. The first-order valence-electron chi connectivity index (χ1n) is 5.96. The summed E-state index contributed by atoms with van der Waals surface area (Å²) in [6.07, 6.45) is 3.90. The number of imidazole rings is 1. The molecule has 1 aromatic carbocycles. The van der Waals surface area contributed by atoms with Gasteiger partial charge in [-0.2, -0.15) is 0 Å². The number of nitrogen functional groups attached to an aromatic ring is 1. The molecule has 0 atom stereocenters. The van der Waals surface area contributed by atoms with Crippen molar-refractivity contribution in [3.8, 4) is 0 Å². The van der Waals surface area contributed by atoms with E-state index in [-0.39, 0.29) is 0 Å². The predicted octanol–water partition coefficient (Wildman–Crippen LogP) is 2.56. The van der Waals surface area contributed by atoms with Gasteiger partial charge in [0.25, 0.3) is 0 Å². The molecule has 0 aliphatic carbocycles. The number of hydrogen-bond donors (Lipinski definition) is 1. The molecule has 94 valence electrons. The first-order valence-corrected chi connectivity index (χ1v) is 6.75. The monoisotopic (exact) mass is 306 g/mol. The van der Waals surface area contributed by atoms with Gasteiger partial charge in [-0.05, 0) is 40.5 Å². The minimum Gasteiger partial charge on any atom is -0.398 e. The van der Waals surface area contributed by atoms with Crippen molar-refractivity contribution < 1.29 is 0 Å². The Morgan fingerprint density at radius 2 is 2.17 bits per heavy atom. The quantitative estimate of drug-likeness (QED) is 0.824. The molecule has 2 N–H and O–H groups in total. The topological polar surface area (TPSA) is 47.1 Å². The van der Waals surface area contributed by atoms with Gasteiger partial charge < -0.3 is 15.2 Å². The zero-order valence-electron chi connectivity index (χ0n) is 10.2. The summed E-state index contributed by atoms with van der Waals surface area (Å²) < 4.78 is 3.25. The van der Waals surface area contributed by atoms with E-state index in [2.05, 4.69) is 36.4 Å². The molecule has 0 amide bonds. The average molecular weight is 307 g/mol. The maximum absolute atomic E-state index is 5.91. The third kappa shape index (κ3) is 1.88. The zero-order valence-corrected chi connectivity index (χ0v) is 11.8. The van der Waals surface area contributed by atoms with E-state index in [0.717, 1.165) is 41.2 Å². The lowest BCUT2D eigenvalue weighted by Crippen LogP contribution is -2.33. The highest BCUT2D eigenvalue weighted by Gasteiger charge is 2.19. The van der Waals surface area contributed by atoms with Crippen LogP contribution in [0.25, 0.3) is 0 Å². The number of fused-ring (bicyclic) bond motifs is 1. The highest BCUT2D eigenvalue weighted by molar-refractivity contribution is 9.10. The number of aromatic nitrogens is 2. The largest absolute Gasteiger partial charge is 0.398 e. The lowest BCUT2D eigenvalue weighted by atomic mass is 10.1. The molecular formula is C13H15BrN4. The number of nitrogens with zero attached hydrogens (tertiary/aromatic N) is 3. The molecule has 2 heterocycles. The van der Waals surface area contributed by atoms with Crippen molar-refractivity contribution in [3.63, 3.8) is 0 Å². The summed E-state index contributed by atoms with van der Waals surface area (Å²) in [5.41, 5.74) is 9.04. The Balaban J connectivity index is 1.95. The van der Waals surface area contributed by atoms with Gasteiger partial charge in [0.15, 0.2) is 0 Å². The van der Waals surface area contributed by atoms with E-state index in [4.69, 9.17) is 5.73 Å². The molecule has 0 fully saturated rings. The number of rotatable bonds is 1. The molecule has 0 saturated heterocycles. The fourth-order valence-electron chi connectivity index (χ4n) is 2.30. The molecule has 0 spiro atoms. The first kappa shape index (κ1) is 11.6. The van der Waals surface area contributed by atoms with E-state index in [1.165, 1.54) is 5.69 Å². The summed E-state index contributed by atoms with van der Waals surface area (Å²) in [7, 11) is 0. The molecule has 5 heteroatoms. The van der Waals surface area contributed by atoms with Gasteiger partial charge in [0.2, 0.25) is 0 Å². The van der Waals surface area contributed by atoms with E-state index in [1.54, 1.807) is 0 Å². The van der Waals surface area contributed by atoms with Crippen LogP contribution in [0.3, 0.4) is 0 Å². The van der Waals surface area contributed by atoms with Gasteiger partial charge in [-0.3, -0.25) is 0 Å². The van der Waals surface area contributed by atoms with Gasteiger partial charge in [-0.15, -0.1) is 0 Å². The molecule has 0 unspecified atom stereocenters. The van der Waals surface area contributed by atoms with Crippen LogP contribution in [0.5, 0.6) is 0 Å². The van der Waals surface area contributed by atoms with Crippen molar-refractivity contribution in [2.24, 2.45) is 0 Å². The molecule has 0 saturated carbocycles. The lowest BCUT2D eigenvalue weighted by molar-refractivity contribution is 0.559. The van der Waals surface area contributed by atoms with Gasteiger partial charge in [-0.1, -0.05) is 0 Å². The number of anilines is 2. The summed E-state index contributed by atoms with van der Waals surface area (Å²) in [6, 6.07) is 4.11. The van der Waals surface area contributed by atoms with Crippen LogP contribution in [-0.2, 0) is 13.1 Å². The summed E-state index contributed by atoms with van der Waals surface area (Å²) in [4.78, 5) is 6.72. The second-order valence-corrected chi connectivity index (χ2v) is 5.47. The maximum atomic E-state index is 5.91. The molecule has 1 aromatic heterocycles. The van der Waals surface area contributed by atoms with Crippen LogP contribution >= 0.6 is 15.9 Å². The molecule has 1 aliphatic heterocycles. The van der Waals surface area contributed by atoms with Crippen LogP contribution in [0.15, 0.2) is 29.0 Å². The third-order valence-corrected chi connectivity index (χ3v) is 4.06. The molecule has 18 heavy (non-hydrogen) atoms. The van der Waals surface area contributed by atoms with E-state index in [0.29, 0.717) is 0 Å². The highest BCUT2D eigenvalue weighted by atomic mass is 79.9. The molecule has 1 aliphatic rings. The van der Waals surface area contributed by atoms with Gasteiger partial charge >= 0.3 is 0 Å². The van der Waals surface area contributed by atoms with E-state index in [1.807, 2.05) is 25.4 Å². The molecule has 4 nitrogen and oxygen atoms in total. The molecule has 0 bridgehead atoms. The molecular weight excluding hydrogens is 292 g/mol. The number of halogens is 1. The lowest BCUT2D eigenvalue weighted by Gasteiger charge is -2.30. The summed E-state index contributed by atoms with van der Waals surface area (Å²) >= 11 is 3.60. The van der Waals surface area contributed by atoms with E-state index >= 15 is 0 Å². The number of benzene rings is 1. The van der Waals surface area contributed by atoms with Crippen molar-refractivity contribution in [1.82, 2.24) is 9.55 Å². The van der Waals surface area contributed by atoms with Gasteiger partial charge in [0, 0.05) is 35.6 Å². The minimum absolute atomic E-state index is 0.823. The smallest absolute Gasteiger partial charge is 0.128 e. The second kappa shape index (κ2) is 4.31. The molecule has 3 rings (SSSR count). The normalized spacial score (nSPS) is 14.7. The first-order chi connectivity index (χ1) is 8.65. The Labute approximate surface area is 115 Å². The van der Waals surface area contributed by atoms with Crippen molar-refractivity contribution in [2.45, 2.75) is 20.0 Å². The van der Waals surface area contributed by atoms with Crippen LogP contribution in [0.1, 0.15) is 11.4 Å². The fourth-order valence-corrected chi connectivity index (χ4v) is 2.91. The molecule has 0 radical (unpaired) electrons. The van der Waals surface area contributed by atoms with Crippen molar-refractivity contribution in [2.75, 3.05) is 17.2 Å². The van der Waals surface area contributed by atoms with Crippen molar-refractivity contribution in [3.05, 3.63) is 40.4 Å². The zero-order chi connectivity index (χ0) is 12.7.